The second-order valence-corrected chi connectivity index (χ2v) is 4.61. The molecule has 86 valence electrons. The van der Waals surface area contributed by atoms with Crippen molar-refractivity contribution < 1.29 is 9.53 Å². The van der Waals surface area contributed by atoms with Gasteiger partial charge in [0.2, 0.25) is 0 Å². The fourth-order valence-electron chi connectivity index (χ4n) is 2.24. The Balaban J connectivity index is 2.37. The molecule has 2 atom stereocenters. The van der Waals surface area contributed by atoms with E-state index in [2.05, 4.69) is 11.4 Å². The minimum atomic E-state index is -0.483. The lowest BCUT2D eigenvalue weighted by atomic mass is 9.74. The number of nitrogens with one attached hydrogen (secondary N) is 1. The first-order chi connectivity index (χ1) is 7.58. The van der Waals surface area contributed by atoms with Gasteiger partial charge in [-0.1, -0.05) is 18.2 Å². The van der Waals surface area contributed by atoms with E-state index in [-0.39, 0.29) is 12.0 Å². The number of carbonyl (C=O) groups excluding carboxylic acids is 1. The molecule has 1 N–H and O–H groups in total. The summed E-state index contributed by atoms with van der Waals surface area (Å²) in [4.78, 5) is 11.8. The highest BCUT2D eigenvalue weighted by atomic mass is 16.5. The maximum Gasteiger partial charge on any atom is 0.313 e. The molecule has 16 heavy (non-hydrogen) atoms. The fourth-order valence-corrected chi connectivity index (χ4v) is 2.24. The molecule has 1 aromatic carbocycles. The Hall–Kier alpha value is -1.51. The van der Waals surface area contributed by atoms with E-state index in [0.717, 1.165) is 12.1 Å². The number of carbonyl (C=O) groups is 1. The highest BCUT2D eigenvalue weighted by molar-refractivity contribution is 5.80. The third-order valence-corrected chi connectivity index (χ3v) is 3.55. The topological polar surface area (TPSA) is 38.3 Å². The first kappa shape index (κ1) is 11.0. The van der Waals surface area contributed by atoms with Crippen molar-refractivity contribution >= 4 is 11.7 Å². The molecule has 0 aliphatic carbocycles. The summed E-state index contributed by atoms with van der Waals surface area (Å²) in [7, 11) is 1.45. The maximum absolute atomic E-state index is 11.8. The van der Waals surface area contributed by atoms with Gasteiger partial charge in [-0.2, -0.15) is 0 Å². The van der Waals surface area contributed by atoms with Crippen molar-refractivity contribution in [2.45, 2.75) is 26.3 Å². The largest absolute Gasteiger partial charge is 0.469 e. The molecule has 0 saturated heterocycles. The predicted octanol–water partition coefficient (Wildman–Crippen LogP) is 2.22. The summed E-state index contributed by atoms with van der Waals surface area (Å²) in [5, 5.41) is 3.36. The molecule has 0 radical (unpaired) electrons. The number of para-hydroxylation sites is 1. The van der Waals surface area contributed by atoms with E-state index in [0.29, 0.717) is 0 Å². The van der Waals surface area contributed by atoms with Crippen molar-refractivity contribution in [2.24, 2.45) is 5.41 Å². The number of esters is 1. The molecule has 0 amide bonds. The number of hydrogen-bond donors (Lipinski definition) is 1. The van der Waals surface area contributed by atoms with Gasteiger partial charge in [-0.15, -0.1) is 0 Å². The average Bonchev–Trinajstić information content (AvgIpc) is 2.29. The SMILES string of the molecule is COC(=O)[C@]1(C)Cc2ccccc2N[C@@H]1C. The molecular formula is C13H17NO2. The second-order valence-electron chi connectivity index (χ2n) is 4.61. The molecule has 0 fully saturated rings. The Morgan fingerprint density at radius 2 is 2.19 bits per heavy atom. The molecule has 0 bridgehead atoms. The normalized spacial score (nSPS) is 27.8. The standard InChI is InChI=1S/C13H17NO2/c1-9-13(2,12(15)16-3)8-10-6-4-5-7-11(10)14-9/h4-7,9,14H,8H2,1-3H3/t9-,13-/m1/s1. The molecule has 1 aromatic rings. The predicted molar refractivity (Wildman–Crippen MR) is 63.4 cm³/mol. The van der Waals surface area contributed by atoms with Gasteiger partial charge in [-0.25, -0.2) is 0 Å². The third kappa shape index (κ3) is 1.56. The van der Waals surface area contributed by atoms with Gasteiger partial charge in [0.25, 0.3) is 0 Å². The third-order valence-electron chi connectivity index (χ3n) is 3.55. The molecule has 1 aliphatic heterocycles. The van der Waals surface area contributed by atoms with Gasteiger partial charge in [0.1, 0.15) is 0 Å². The van der Waals surface area contributed by atoms with Crippen LogP contribution in [0.1, 0.15) is 19.4 Å². The van der Waals surface area contributed by atoms with Crippen LogP contribution in [0.3, 0.4) is 0 Å². The fraction of sp³-hybridized carbons (Fsp3) is 0.462. The summed E-state index contributed by atoms with van der Waals surface area (Å²) in [6.07, 6.45) is 0.726. The van der Waals surface area contributed by atoms with Crippen LogP contribution in [-0.4, -0.2) is 19.1 Å². The van der Waals surface area contributed by atoms with Crippen molar-refractivity contribution in [3.63, 3.8) is 0 Å². The summed E-state index contributed by atoms with van der Waals surface area (Å²) >= 11 is 0. The van der Waals surface area contributed by atoms with Crippen LogP contribution in [0.2, 0.25) is 0 Å². The number of benzene rings is 1. The summed E-state index contributed by atoms with van der Waals surface area (Å²) in [5.41, 5.74) is 1.81. The molecule has 3 nitrogen and oxygen atoms in total. The van der Waals surface area contributed by atoms with E-state index in [9.17, 15) is 4.79 Å². The monoisotopic (exact) mass is 219 g/mol. The minimum Gasteiger partial charge on any atom is -0.469 e. The summed E-state index contributed by atoms with van der Waals surface area (Å²) in [6.45, 7) is 3.97. The molecule has 1 heterocycles. The molecule has 3 heteroatoms. The van der Waals surface area contributed by atoms with Gasteiger partial charge < -0.3 is 10.1 Å². The van der Waals surface area contributed by atoms with Crippen molar-refractivity contribution in [1.82, 2.24) is 0 Å². The Morgan fingerprint density at radius 1 is 1.50 bits per heavy atom. The zero-order chi connectivity index (χ0) is 11.8. The Kier molecular flexibility index (Phi) is 2.62. The summed E-state index contributed by atoms with van der Waals surface area (Å²) in [6, 6.07) is 8.17. The molecule has 0 spiro atoms. The number of ether oxygens (including phenoxy) is 1. The Morgan fingerprint density at radius 3 is 2.88 bits per heavy atom. The molecule has 0 aromatic heterocycles. The number of fused-ring (bicyclic) bond motifs is 1. The molecular weight excluding hydrogens is 202 g/mol. The van der Waals surface area contributed by atoms with Crippen molar-refractivity contribution in [3.8, 4) is 0 Å². The number of rotatable bonds is 1. The van der Waals surface area contributed by atoms with Crippen LogP contribution >= 0.6 is 0 Å². The van der Waals surface area contributed by atoms with Crippen LogP contribution in [0.5, 0.6) is 0 Å². The van der Waals surface area contributed by atoms with Gasteiger partial charge in [0, 0.05) is 11.7 Å². The van der Waals surface area contributed by atoms with Crippen LogP contribution in [-0.2, 0) is 16.0 Å². The first-order valence-corrected chi connectivity index (χ1v) is 5.51. The van der Waals surface area contributed by atoms with E-state index >= 15 is 0 Å². The first-order valence-electron chi connectivity index (χ1n) is 5.51. The quantitative estimate of drug-likeness (QED) is 0.736. The highest BCUT2D eigenvalue weighted by Gasteiger charge is 2.43. The van der Waals surface area contributed by atoms with Crippen LogP contribution < -0.4 is 5.32 Å². The maximum atomic E-state index is 11.8. The van der Waals surface area contributed by atoms with Crippen molar-refractivity contribution in [1.29, 1.82) is 0 Å². The van der Waals surface area contributed by atoms with Gasteiger partial charge in [0.05, 0.1) is 12.5 Å². The zero-order valence-electron chi connectivity index (χ0n) is 9.91. The lowest BCUT2D eigenvalue weighted by Gasteiger charge is -2.39. The van der Waals surface area contributed by atoms with Crippen LogP contribution in [0.4, 0.5) is 5.69 Å². The van der Waals surface area contributed by atoms with Gasteiger partial charge in [-0.3, -0.25) is 4.79 Å². The van der Waals surface area contributed by atoms with Crippen LogP contribution in [0.25, 0.3) is 0 Å². The molecule has 0 saturated carbocycles. The number of methoxy groups -OCH3 is 1. The van der Waals surface area contributed by atoms with E-state index in [1.54, 1.807) is 0 Å². The second kappa shape index (κ2) is 3.81. The Bertz CT molecular complexity index is 416. The van der Waals surface area contributed by atoms with Crippen molar-refractivity contribution in [3.05, 3.63) is 29.8 Å². The number of hydrogen-bond acceptors (Lipinski definition) is 3. The van der Waals surface area contributed by atoms with E-state index in [1.807, 2.05) is 32.0 Å². The van der Waals surface area contributed by atoms with E-state index < -0.39 is 5.41 Å². The lowest BCUT2D eigenvalue weighted by molar-refractivity contribution is -0.152. The molecule has 0 unspecified atom stereocenters. The summed E-state index contributed by atoms with van der Waals surface area (Å²) in [5.74, 6) is -0.151. The highest BCUT2D eigenvalue weighted by Crippen LogP contribution is 2.37. The van der Waals surface area contributed by atoms with Gasteiger partial charge in [-0.05, 0) is 31.9 Å². The van der Waals surface area contributed by atoms with E-state index in [4.69, 9.17) is 4.74 Å². The Labute approximate surface area is 95.8 Å². The molecule has 2 rings (SSSR count). The number of anilines is 1. The van der Waals surface area contributed by atoms with Crippen molar-refractivity contribution in [2.75, 3.05) is 12.4 Å². The van der Waals surface area contributed by atoms with Gasteiger partial charge >= 0.3 is 5.97 Å². The summed E-state index contributed by atoms with van der Waals surface area (Å²) < 4.78 is 4.90. The average molecular weight is 219 g/mol. The minimum absolute atomic E-state index is 0.0786. The zero-order valence-corrected chi connectivity index (χ0v) is 9.91. The van der Waals surface area contributed by atoms with E-state index in [1.165, 1.54) is 12.7 Å². The molecule has 1 aliphatic rings. The smallest absolute Gasteiger partial charge is 0.313 e. The van der Waals surface area contributed by atoms with Crippen LogP contribution in [0, 0.1) is 5.41 Å². The van der Waals surface area contributed by atoms with Gasteiger partial charge in [0.15, 0.2) is 0 Å². The lowest BCUT2D eigenvalue weighted by Crippen LogP contribution is -2.47. The van der Waals surface area contributed by atoms with Crippen LogP contribution in [0.15, 0.2) is 24.3 Å².